The van der Waals surface area contributed by atoms with Gasteiger partial charge in [0.15, 0.2) is 0 Å². The van der Waals surface area contributed by atoms with Crippen LogP contribution >= 0.6 is 0 Å². The maximum Gasteiger partial charge on any atom is 0.0558 e. The molecule has 1 heterocycles. The number of β-amino-alcohol motifs (C(OH)–C–C–N with tert-alkyl or cyclic N) is 1. The lowest BCUT2D eigenvalue weighted by molar-refractivity contribution is 0.117. The zero-order valence-electron chi connectivity index (χ0n) is 9.31. The molecule has 0 aromatic carbocycles. The molecule has 0 fully saturated rings. The highest BCUT2D eigenvalue weighted by Crippen LogP contribution is 2.21. The zero-order chi connectivity index (χ0) is 11.1. The molecule has 1 aliphatic heterocycles. The van der Waals surface area contributed by atoms with Crippen LogP contribution in [0.25, 0.3) is 0 Å². The first kappa shape index (κ1) is 12.2. The van der Waals surface area contributed by atoms with E-state index in [0.717, 1.165) is 25.8 Å². The molecule has 0 unspecified atom stereocenters. The summed E-state index contributed by atoms with van der Waals surface area (Å²) in [5, 5.41) is 9.07. The number of aliphatic hydroxyl groups is 1. The number of rotatable bonds is 6. The summed E-state index contributed by atoms with van der Waals surface area (Å²) < 4.78 is 0. The minimum atomic E-state index is 0.217. The molecule has 0 saturated heterocycles. The fourth-order valence-corrected chi connectivity index (χ4v) is 2.18. The molecule has 0 saturated carbocycles. The zero-order valence-corrected chi connectivity index (χ0v) is 9.31. The Balaban J connectivity index is 2.68. The van der Waals surface area contributed by atoms with Crippen molar-refractivity contribution in [2.75, 3.05) is 13.2 Å². The van der Waals surface area contributed by atoms with Crippen LogP contribution in [-0.2, 0) is 0 Å². The average Bonchev–Trinajstić information content (AvgIpc) is 2.23. The number of hydrogen-bond acceptors (Lipinski definition) is 2. The summed E-state index contributed by atoms with van der Waals surface area (Å²) in [5.74, 6) is 0. The van der Waals surface area contributed by atoms with Gasteiger partial charge in [-0.15, -0.1) is 13.2 Å². The highest BCUT2D eigenvalue weighted by Gasteiger charge is 2.24. The molecular formula is C13H21NO. The smallest absolute Gasteiger partial charge is 0.0558 e. The van der Waals surface area contributed by atoms with E-state index < -0.39 is 0 Å². The van der Waals surface area contributed by atoms with Crippen molar-refractivity contribution >= 4 is 0 Å². The topological polar surface area (TPSA) is 23.5 Å². The lowest BCUT2D eigenvalue weighted by atomic mass is 9.98. The predicted octanol–water partition coefficient (Wildman–Crippen LogP) is 2.13. The summed E-state index contributed by atoms with van der Waals surface area (Å²) in [6, 6.07) is 0.887. The van der Waals surface area contributed by atoms with Crippen molar-refractivity contribution in [3.63, 3.8) is 0 Å². The van der Waals surface area contributed by atoms with Gasteiger partial charge in [-0.05, 0) is 19.3 Å². The minimum Gasteiger partial charge on any atom is -0.395 e. The first-order chi connectivity index (χ1) is 7.33. The molecule has 1 rings (SSSR count). The van der Waals surface area contributed by atoms with Crippen LogP contribution in [0.2, 0.25) is 0 Å². The van der Waals surface area contributed by atoms with Gasteiger partial charge in [-0.2, -0.15) is 0 Å². The fourth-order valence-electron chi connectivity index (χ4n) is 2.18. The van der Waals surface area contributed by atoms with E-state index >= 15 is 0 Å². The molecule has 0 amide bonds. The number of nitrogens with zero attached hydrogens (tertiary/aromatic N) is 1. The summed E-state index contributed by atoms with van der Waals surface area (Å²) in [5.41, 5.74) is 0. The molecule has 0 aromatic rings. The van der Waals surface area contributed by atoms with Crippen LogP contribution in [0.1, 0.15) is 19.3 Å². The second-order valence-corrected chi connectivity index (χ2v) is 3.90. The van der Waals surface area contributed by atoms with Crippen LogP contribution in [0.3, 0.4) is 0 Å². The van der Waals surface area contributed by atoms with Crippen molar-refractivity contribution in [1.29, 1.82) is 0 Å². The summed E-state index contributed by atoms with van der Waals surface area (Å²) >= 11 is 0. The van der Waals surface area contributed by atoms with E-state index in [9.17, 15) is 0 Å². The van der Waals surface area contributed by atoms with E-state index in [0.29, 0.717) is 12.1 Å². The van der Waals surface area contributed by atoms with Gasteiger partial charge in [-0.25, -0.2) is 0 Å². The Morgan fingerprint density at radius 2 is 2.07 bits per heavy atom. The van der Waals surface area contributed by atoms with E-state index in [2.05, 4.69) is 30.2 Å². The molecule has 2 atom stereocenters. The molecule has 84 valence electrons. The van der Waals surface area contributed by atoms with Crippen LogP contribution < -0.4 is 0 Å². The Morgan fingerprint density at radius 3 is 2.67 bits per heavy atom. The van der Waals surface area contributed by atoms with E-state index in [1.165, 1.54) is 0 Å². The molecule has 2 heteroatoms. The second-order valence-electron chi connectivity index (χ2n) is 3.90. The highest BCUT2D eigenvalue weighted by molar-refractivity contribution is 5.06. The van der Waals surface area contributed by atoms with Gasteiger partial charge in [0.1, 0.15) is 0 Å². The van der Waals surface area contributed by atoms with E-state index in [-0.39, 0.29) is 6.61 Å². The van der Waals surface area contributed by atoms with Crippen molar-refractivity contribution < 1.29 is 5.11 Å². The van der Waals surface area contributed by atoms with Crippen LogP contribution in [0.15, 0.2) is 37.5 Å². The quantitative estimate of drug-likeness (QED) is 0.674. The van der Waals surface area contributed by atoms with Crippen LogP contribution in [0.4, 0.5) is 0 Å². The van der Waals surface area contributed by atoms with Crippen LogP contribution in [-0.4, -0.2) is 35.2 Å². The maximum absolute atomic E-state index is 9.07. The first-order valence-electron chi connectivity index (χ1n) is 5.58. The standard InChI is InChI=1S/C13H21NO/c1-3-6-12-8-5-9-13(7-4-2)14(12)10-11-15/h3-5,8,12-13,15H,1-2,6-7,9-11H2/t12-,13+/m1/s1. The number of aliphatic hydroxyl groups excluding tert-OH is 1. The van der Waals surface area contributed by atoms with Gasteiger partial charge in [0.25, 0.3) is 0 Å². The summed E-state index contributed by atoms with van der Waals surface area (Å²) in [7, 11) is 0. The molecule has 0 bridgehead atoms. The van der Waals surface area contributed by atoms with Gasteiger partial charge in [0, 0.05) is 18.6 Å². The molecule has 1 N–H and O–H groups in total. The summed E-state index contributed by atoms with van der Waals surface area (Å²) in [4.78, 5) is 2.35. The second kappa shape index (κ2) is 6.59. The van der Waals surface area contributed by atoms with E-state index in [4.69, 9.17) is 5.11 Å². The summed E-state index contributed by atoms with van der Waals surface area (Å²) in [6.07, 6.45) is 11.3. The molecule has 15 heavy (non-hydrogen) atoms. The van der Waals surface area contributed by atoms with Gasteiger partial charge in [0.2, 0.25) is 0 Å². The Hall–Kier alpha value is -0.860. The molecule has 0 aliphatic carbocycles. The van der Waals surface area contributed by atoms with Crippen molar-refractivity contribution in [2.24, 2.45) is 0 Å². The van der Waals surface area contributed by atoms with Gasteiger partial charge in [-0.3, -0.25) is 4.90 Å². The monoisotopic (exact) mass is 207 g/mol. The Morgan fingerprint density at radius 1 is 1.33 bits per heavy atom. The van der Waals surface area contributed by atoms with Gasteiger partial charge < -0.3 is 5.11 Å². The molecule has 2 nitrogen and oxygen atoms in total. The average molecular weight is 207 g/mol. The van der Waals surface area contributed by atoms with Crippen molar-refractivity contribution in [2.45, 2.75) is 31.3 Å². The van der Waals surface area contributed by atoms with Gasteiger partial charge in [0.05, 0.1) is 6.61 Å². The van der Waals surface area contributed by atoms with Gasteiger partial charge in [-0.1, -0.05) is 24.3 Å². The minimum absolute atomic E-state index is 0.217. The Bertz CT molecular complexity index is 235. The highest BCUT2D eigenvalue weighted by atomic mass is 16.3. The third-order valence-electron chi connectivity index (χ3n) is 2.87. The normalized spacial score (nSPS) is 26.5. The third-order valence-corrected chi connectivity index (χ3v) is 2.87. The van der Waals surface area contributed by atoms with E-state index in [1.807, 2.05) is 12.2 Å². The largest absolute Gasteiger partial charge is 0.395 e. The molecular weight excluding hydrogens is 186 g/mol. The lowest BCUT2D eigenvalue weighted by Gasteiger charge is -2.38. The molecule has 0 radical (unpaired) electrons. The fraction of sp³-hybridized carbons (Fsp3) is 0.538. The van der Waals surface area contributed by atoms with E-state index in [1.54, 1.807) is 0 Å². The summed E-state index contributed by atoms with van der Waals surface area (Å²) in [6.45, 7) is 8.52. The van der Waals surface area contributed by atoms with Crippen molar-refractivity contribution in [3.8, 4) is 0 Å². The molecule has 0 aromatic heterocycles. The third kappa shape index (κ3) is 3.33. The lowest BCUT2D eigenvalue weighted by Crippen LogP contribution is -2.45. The van der Waals surface area contributed by atoms with Gasteiger partial charge >= 0.3 is 0 Å². The van der Waals surface area contributed by atoms with Crippen LogP contribution in [0, 0.1) is 0 Å². The van der Waals surface area contributed by atoms with Crippen molar-refractivity contribution in [1.82, 2.24) is 4.90 Å². The number of hydrogen-bond donors (Lipinski definition) is 1. The van der Waals surface area contributed by atoms with Crippen molar-refractivity contribution in [3.05, 3.63) is 37.5 Å². The Kier molecular flexibility index (Phi) is 5.37. The Labute approximate surface area is 92.6 Å². The first-order valence-corrected chi connectivity index (χ1v) is 5.58. The molecule has 0 spiro atoms. The SMILES string of the molecule is C=CC[C@H]1CC=C[C@@H](CC=C)N1CCO. The molecule has 1 aliphatic rings. The maximum atomic E-state index is 9.07. The van der Waals surface area contributed by atoms with Crippen LogP contribution in [0.5, 0.6) is 0 Å². The predicted molar refractivity (Wildman–Crippen MR) is 64.8 cm³/mol.